The second kappa shape index (κ2) is 5.76. The molecular formula is C13H12N4O2S2. The Morgan fingerprint density at radius 2 is 2.14 bits per heavy atom. The summed E-state index contributed by atoms with van der Waals surface area (Å²) < 4.78 is 26.5. The Bertz CT molecular complexity index is 812. The largest absolute Gasteiger partial charge is 0.335 e. The van der Waals surface area contributed by atoms with Gasteiger partial charge in [0.25, 0.3) is 10.0 Å². The number of hydrogen-bond acceptors (Lipinski definition) is 5. The van der Waals surface area contributed by atoms with Crippen LogP contribution >= 0.6 is 11.3 Å². The summed E-state index contributed by atoms with van der Waals surface area (Å²) in [5, 5.41) is 2.04. The monoisotopic (exact) mass is 320 g/mol. The third kappa shape index (κ3) is 3.18. The van der Waals surface area contributed by atoms with Crippen LogP contribution in [0.15, 0.2) is 53.5 Å². The van der Waals surface area contributed by atoms with Gasteiger partial charge in [-0.15, -0.1) is 11.3 Å². The SMILES string of the molecule is O=S(=O)(NCc1cncc(-c2cccs2)c1)c1cnc[nH]1. The Balaban J connectivity index is 1.76. The first-order valence-electron chi connectivity index (χ1n) is 6.11. The van der Waals surface area contributed by atoms with Gasteiger partial charge in [0.2, 0.25) is 0 Å². The molecule has 2 N–H and O–H groups in total. The molecule has 0 aliphatic heterocycles. The maximum absolute atomic E-state index is 12.0. The van der Waals surface area contributed by atoms with Crippen LogP contribution in [0.2, 0.25) is 0 Å². The van der Waals surface area contributed by atoms with Gasteiger partial charge in [-0.3, -0.25) is 4.98 Å². The smallest absolute Gasteiger partial charge is 0.257 e. The Labute approximate surface area is 126 Å². The van der Waals surface area contributed by atoms with Crippen molar-refractivity contribution in [3.63, 3.8) is 0 Å². The summed E-state index contributed by atoms with van der Waals surface area (Å²) in [5.41, 5.74) is 1.77. The molecule has 3 rings (SSSR count). The third-order valence-electron chi connectivity index (χ3n) is 2.83. The number of rotatable bonds is 5. The molecule has 3 aromatic heterocycles. The van der Waals surface area contributed by atoms with E-state index in [-0.39, 0.29) is 11.6 Å². The Hall–Kier alpha value is -2.03. The van der Waals surface area contributed by atoms with Gasteiger partial charge in [-0.2, -0.15) is 0 Å². The van der Waals surface area contributed by atoms with Gasteiger partial charge in [-0.05, 0) is 23.1 Å². The summed E-state index contributed by atoms with van der Waals surface area (Å²) >= 11 is 1.61. The first-order chi connectivity index (χ1) is 10.1. The fourth-order valence-electron chi connectivity index (χ4n) is 1.81. The molecule has 0 bridgehead atoms. The molecule has 0 atom stereocenters. The Morgan fingerprint density at radius 3 is 2.86 bits per heavy atom. The number of pyridine rings is 1. The average molecular weight is 320 g/mol. The predicted molar refractivity (Wildman–Crippen MR) is 80.2 cm³/mol. The van der Waals surface area contributed by atoms with E-state index >= 15 is 0 Å². The predicted octanol–water partition coefficient (Wildman–Crippen LogP) is 2.01. The summed E-state index contributed by atoms with van der Waals surface area (Å²) in [6.45, 7) is 0.174. The number of hydrogen-bond donors (Lipinski definition) is 2. The average Bonchev–Trinajstić information content (AvgIpc) is 3.18. The zero-order valence-corrected chi connectivity index (χ0v) is 12.5. The van der Waals surface area contributed by atoms with Crippen molar-refractivity contribution >= 4 is 21.4 Å². The van der Waals surface area contributed by atoms with Gasteiger partial charge >= 0.3 is 0 Å². The van der Waals surface area contributed by atoms with Crippen LogP contribution < -0.4 is 4.72 Å². The quantitative estimate of drug-likeness (QED) is 0.753. The van der Waals surface area contributed by atoms with E-state index in [9.17, 15) is 8.42 Å². The fraction of sp³-hybridized carbons (Fsp3) is 0.0769. The molecule has 0 saturated carbocycles. The number of H-pyrrole nitrogens is 1. The molecule has 8 heteroatoms. The maximum atomic E-state index is 12.0. The molecule has 0 radical (unpaired) electrons. The number of sulfonamides is 1. The maximum Gasteiger partial charge on any atom is 0.257 e. The van der Waals surface area contributed by atoms with Crippen LogP contribution in [-0.2, 0) is 16.6 Å². The highest BCUT2D eigenvalue weighted by molar-refractivity contribution is 7.89. The zero-order valence-electron chi connectivity index (χ0n) is 10.9. The molecule has 0 aliphatic carbocycles. The van der Waals surface area contributed by atoms with Crippen LogP contribution in [0.25, 0.3) is 10.4 Å². The number of nitrogens with zero attached hydrogens (tertiary/aromatic N) is 2. The standard InChI is InChI=1S/C13H12N4O2S2/c18-21(19,13-8-15-9-16-13)17-6-10-4-11(7-14-5-10)12-2-1-3-20-12/h1-5,7-9,17H,6H2,(H,15,16). The summed E-state index contributed by atoms with van der Waals surface area (Å²) in [6, 6.07) is 5.89. The Morgan fingerprint density at radius 1 is 1.24 bits per heavy atom. The van der Waals surface area contributed by atoms with Gasteiger partial charge < -0.3 is 4.98 Å². The van der Waals surface area contributed by atoms with E-state index in [0.717, 1.165) is 16.0 Å². The molecule has 0 spiro atoms. The molecular weight excluding hydrogens is 308 g/mol. The van der Waals surface area contributed by atoms with E-state index < -0.39 is 10.0 Å². The van der Waals surface area contributed by atoms with Gasteiger partial charge in [-0.25, -0.2) is 18.1 Å². The van der Waals surface area contributed by atoms with E-state index in [1.54, 1.807) is 23.7 Å². The normalized spacial score (nSPS) is 11.6. The number of aromatic amines is 1. The Kier molecular flexibility index (Phi) is 3.82. The second-order valence-electron chi connectivity index (χ2n) is 4.30. The van der Waals surface area contributed by atoms with Crippen molar-refractivity contribution in [2.75, 3.05) is 0 Å². The number of imidazole rings is 1. The first-order valence-corrected chi connectivity index (χ1v) is 8.47. The molecule has 0 saturated heterocycles. The van der Waals surface area contributed by atoms with Crippen LogP contribution in [0.5, 0.6) is 0 Å². The van der Waals surface area contributed by atoms with Crippen LogP contribution in [-0.4, -0.2) is 23.4 Å². The molecule has 108 valence electrons. The lowest BCUT2D eigenvalue weighted by atomic mass is 10.2. The van der Waals surface area contributed by atoms with Crippen LogP contribution in [0.3, 0.4) is 0 Å². The van der Waals surface area contributed by atoms with Crippen molar-refractivity contribution in [1.29, 1.82) is 0 Å². The molecule has 3 aromatic rings. The summed E-state index contributed by atoms with van der Waals surface area (Å²) in [4.78, 5) is 11.5. The van der Waals surface area contributed by atoms with Crippen molar-refractivity contribution in [3.8, 4) is 10.4 Å². The van der Waals surface area contributed by atoms with Crippen LogP contribution in [0, 0.1) is 0 Å². The van der Waals surface area contributed by atoms with Crippen molar-refractivity contribution in [2.45, 2.75) is 11.6 Å². The lowest BCUT2D eigenvalue weighted by Crippen LogP contribution is -2.23. The topological polar surface area (TPSA) is 87.7 Å². The minimum Gasteiger partial charge on any atom is -0.335 e. The molecule has 0 amide bonds. The highest BCUT2D eigenvalue weighted by Crippen LogP contribution is 2.24. The minimum atomic E-state index is -3.58. The van der Waals surface area contributed by atoms with E-state index in [2.05, 4.69) is 19.7 Å². The minimum absolute atomic E-state index is 0.0462. The second-order valence-corrected chi connectivity index (χ2v) is 6.98. The van der Waals surface area contributed by atoms with Gasteiger partial charge in [-0.1, -0.05) is 6.07 Å². The fourth-order valence-corrected chi connectivity index (χ4v) is 3.44. The third-order valence-corrected chi connectivity index (χ3v) is 5.08. The molecule has 21 heavy (non-hydrogen) atoms. The molecule has 0 aliphatic rings. The van der Waals surface area contributed by atoms with Crippen LogP contribution in [0.4, 0.5) is 0 Å². The molecule has 0 aromatic carbocycles. The number of aromatic nitrogens is 3. The van der Waals surface area contributed by atoms with Gasteiger partial charge in [0.15, 0.2) is 5.03 Å². The lowest BCUT2D eigenvalue weighted by Gasteiger charge is -2.06. The van der Waals surface area contributed by atoms with Crippen molar-refractivity contribution < 1.29 is 8.42 Å². The van der Waals surface area contributed by atoms with Crippen LogP contribution in [0.1, 0.15) is 5.56 Å². The van der Waals surface area contributed by atoms with E-state index in [1.165, 1.54) is 12.5 Å². The van der Waals surface area contributed by atoms with Gasteiger partial charge in [0, 0.05) is 29.4 Å². The van der Waals surface area contributed by atoms with E-state index in [0.29, 0.717) is 0 Å². The molecule has 6 nitrogen and oxygen atoms in total. The highest BCUT2D eigenvalue weighted by atomic mass is 32.2. The molecule has 3 heterocycles. The number of thiophene rings is 1. The van der Waals surface area contributed by atoms with Crippen molar-refractivity contribution in [3.05, 3.63) is 54.1 Å². The molecule has 0 fully saturated rings. The van der Waals surface area contributed by atoms with Crippen molar-refractivity contribution in [2.24, 2.45) is 0 Å². The summed E-state index contributed by atoms with van der Waals surface area (Å²) in [5.74, 6) is 0. The van der Waals surface area contributed by atoms with Gasteiger partial charge in [0.1, 0.15) is 0 Å². The van der Waals surface area contributed by atoms with Crippen molar-refractivity contribution in [1.82, 2.24) is 19.7 Å². The lowest BCUT2D eigenvalue weighted by molar-refractivity contribution is 0.578. The first kappa shape index (κ1) is 13.9. The molecule has 0 unspecified atom stereocenters. The van der Waals surface area contributed by atoms with E-state index in [1.807, 2.05) is 23.6 Å². The van der Waals surface area contributed by atoms with E-state index in [4.69, 9.17) is 0 Å². The summed E-state index contributed by atoms with van der Waals surface area (Å²) in [7, 11) is -3.58. The van der Waals surface area contributed by atoms with Gasteiger partial charge in [0.05, 0.1) is 12.5 Å². The number of nitrogens with one attached hydrogen (secondary N) is 2. The summed E-state index contributed by atoms with van der Waals surface area (Å²) in [6.07, 6.45) is 6.00. The zero-order chi connectivity index (χ0) is 14.7. The highest BCUT2D eigenvalue weighted by Gasteiger charge is 2.15.